The summed E-state index contributed by atoms with van der Waals surface area (Å²) in [5.74, 6) is -2.57. The lowest BCUT2D eigenvalue weighted by atomic mass is 9.94. The predicted molar refractivity (Wildman–Crippen MR) is 93.8 cm³/mol. The molecular weight excluding hydrogens is 336 g/mol. The molecule has 0 radical (unpaired) electrons. The van der Waals surface area contributed by atoms with Crippen LogP contribution in [0.3, 0.4) is 0 Å². The first-order chi connectivity index (χ1) is 12.4. The Morgan fingerprint density at radius 2 is 1.88 bits per heavy atom. The number of Topliss-reactive ketones (excluding diaryl/α,β-unsaturated/α-hetero) is 2. The van der Waals surface area contributed by atoms with E-state index in [0.29, 0.717) is 30.4 Å². The van der Waals surface area contributed by atoms with Crippen LogP contribution in [0.2, 0.25) is 0 Å². The Hall–Kier alpha value is -3.22. The molecule has 0 spiro atoms. The molecule has 2 heterocycles. The van der Waals surface area contributed by atoms with Crippen molar-refractivity contribution in [2.75, 3.05) is 13.1 Å². The monoisotopic (exact) mass is 354 g/mol. The first-order valence-corrected chi connectivity index (χ1v) is 8.19. The van der Waals surface area contributed by atoms with Crippen molar-refractivity contribution in [3.63, 3.8) is 0 Å². The van der Waals surface area contributed by atoms with Gasteiger partial charge in [-0.25, -0.2) is 4.79 Å². The van der Waals surface area contributed by atoms with Gasteiger partial charge in [0.1, 0.15) is 0 Å². The van der Waals surface area contributed by atoms with E-state index >= 15 is 0 Å². The van der Waals surface area contributed by atoms with Crippen LogP contribution in [0.1, 0.15) is 16.8 Å². The number of aromatic nitrogens is 1. The number of hydrogen-bond donors (Lipinski definition) is 1. The molecule has 0 aliphatic carbocycles. The zero-order valence-corrected chi connectivity index (χ0v) is 14.1. The van der Waals surface area contributed by atoms with E-state index < -0.39 is 11.8 Å². The molecule has 0 saturated carbocycles. The molecule has 2 aromatic rings. The van der Waals surface area contributed by atoms with Crippen molar-refractivity contribution in [3.8, 4) is 0 Å². The number of benzene rings is 1. The minimum atomic E-state index is -1.53. The number of carboxylic acids is 1. The van der Waals surface area contributed by atoms with Crippen LogP contribution in [0.5, 0.6) is 0 Å². The number of rotatable bonds is 7. The van der Waals surface area contributed by atoms with E-state index in [1.165, 1.54) is 12.3 Å². The quantitative estimate of drug-likeness (QED) is 0.462. The van der Waals surface area contributed by atoms with E-state index in [9.17, 15) is 19.2 Å². The Kier molecular flexibility index (Phi) is 4.71. The molecule has 7 heteroatoms. The number of para-hydroxylation sites is 1. The van der Waals surface area contributed by atoms with Crippen LogP contribution in [0, 0.1) is 5.92 Å². The minimum absolute atomic E-state index is 0.0317. The third kappa shape index (κ3) is 3.28. The second-order valence-electron chi connectivity index (χ2n) is 6.38. The second kappa shape index (κ2) is 6.95. The van der Waals surface area contributed by atoms with Gasteiger partial charge in [0.25, 0.3) is 5.78 Å². The molecule has 1 aliphatic rings. The van der Waals surface area contributed by atoms with Gasteiger partial charge in [0, 0.05) is 42.5 Å². The molecule has 26 heavy (non-hydrogen) atoms. The van der Waals surface area contributed by atoms with Gasteiger partial charge in [-0.05, 0) is 12.1 Å². The zero-order valence-electron chi connectivity index (χ0n) is 14.1. The summed E-state index contributed by atoms with van der Waals surface area (Å²) >= 11 is 0. The number of aliphatic carboxylic acids is 1. The first kappa shape index (κ1) is 17.6. The van der Waals surface area contributed by atoms with Crippen molar-refractivity contribution in [2.24, 2.45) is 5.92 Å². The highest BCUT2D eigenvalue weighted by Crippen LogP contribution is 2.24. The van der Waals surface area contributed by atoms with Gasteiger partial charge in [0.15, 0.2) is 5.78 Å². The molecule has 1 aromatic heterocycles. The number of ketones is 2. The van der Waals surface area contributed by atoms with E-state index in [2.05, 4.69) is 6.58 Å². The van der Waals surface area contributed by atoms with Crippen LogP contribution in [-0.2, 0) is 20.9 Å². The molecule has 0 atom stereocenters. The molecule has 1 amide bonds. The fourth-order valence-electron chi connectivity index (χ4n) is 3.26. The first-order valence-electron chi connectivity index (χ1n) is 8.19. The molecule has 1 fully saturated rings. The van der Waals surface area contributed by atoms with Gasteiger partial charge in [-0.3, -0.25) is 14.4 Å². The average molecular weight is 354 g/mol. The van der Waals surface area contributed by atoms with E-state index in [-0.39, 0.29) is 29.7 Å². The maximum Gasteiger partial charge on any atom is 0.377 e. The van der Waals surface area contributed by atoms with Gasteiger partial charge in [-0.15, -0.1) is 0 Å². The van der Waals surface area contributed by atoms with Gasteiger partial charge >= 0.3 is 5.97 Å². The lowest BCUT2D eigenvalue weighted by Crippen LogP contribution is -2.50. The van der Waals surface area contributed by atoms with Crippen LogP contribution in [0.25, 0.3) is 10.9 Å². The van der Waals surface area contributed by atoms with E-state index in [1.54, 1.807) is 33.7 Å². The normalized spacial score (nSPS) is 14.1. The second-order valence-corrected chi connectivity index (χ2v) is 6.38. The molecule has 1 aliphatic heterocycles. The van der Waals surface area contributed by atoms with Crippen LogP contribution >= 0.6 is 0 Å². The maximum atomic E-state index is 12.4. The van der Waals surface area contributed by atoms with E-state index in [4.69, 9.17) is 5.11 Å². The van der Waals surface area contributed by atoms with Gasteiger partial charge in [-0.1, -0.05) is 24.8 Å². The highest BCUT2D eigenvalue weighted by atomic mass is 16.4. The molecule has 7 nitrogen and oxygen atoms in total. The standard InChI is InChI=1S/C19H18N2O5/c1-2-17(23)21-8-12(9-21)7-13(22)10-20-11-15(18(24)19(25)26)14-5-3-4-6-16(14)20/h2-6,11-12H,1,7-10H2,(H,25,26). The predicted octanol–water partition coefficient (Wildman–Crippen LogP) is 1.51. The summed E-state index contributed by atoms with van der Waals surface area (Å²) in [4.78, 5) is 48.3. The number of fused-ring (bicyclic) bond motifs is 1. The molecule has 134 valence electrons. The summed E-state index contributed by atoms with van der Waals surface area (Å²) in [5, 5.41) is 9.48. The van der Waals surface area contributed by atoms with Crippen molar-refractivity contribution in [1.29, 1.82) is 0 Å². The van der Waals surface area contributed by atoms with E-state index in [1.807, 2.05) is 0 Å². The van der Waals surface area contributed by atoms with Crippen molar-refractivity contribution in [3.05, 3.63) is 48.7 Å². The van der Waals surface area contributed by atoms with Crippen LogP contribution in [0.15, 0.2) is 43.1 Å². The summed E-state index contributed by atoms with van der Waals surface area (Å²) in [5.41, 5.74) is 0.717. The van der Waals surface area contributed by atoms with Crippen LogP contribution in [0.4, 0.5) is 0 Å². The summed E-state index contributed by atoms with van der Waals surface area (Å²) in [7, 11) is 0. The third-order valence-electron chi connectivity index (χ3n) is 4.53. The van der Waals surface area contributed by atoms with Crippen molar-refractivity contribution >= 4 is 34.3 Å². The number of carboxylic acid groups (broad SMARTS) is 1. The van der Waals surface area contributed by atoms with E-state index in [0.717, 1.165) is 0 Å². The maximum absolute atomic E-state index is 12.4. The third-order valence-corrected chi connectivity index (χ3v) is 4.53. The summed E-state index contributed by atoms with van der Waals surface area (Å²) in [6.07, 6.45) is 3.01. The average Bonchev–Trinajstić information content (AvgIpc) is 2.95. The molecule has 1 aromatic carbocycles. The molecular formula is C19H18N2O5. The van der Waals surface area contributed by atoms with Gasteiger partial charge in [0.05, 0.1) is 12.1 Å². The van der Waals surface area contributed by atoms with Crippen LogP contribution in [-0.4, -0.2) is 51.1 Å². The number of nitrogens with zero attached hydrogens (tertiary/aromatic N) is 2. The minimum Gasteiger partial charge on any atom is -0.475 e. The largest absolute Gasteiger partial charge is 0.475 e. The SMILES string of the molecule is C=CC(=O)N1CC(CC(=O)Cn2cc(C(=O)C(=O)O)c3ccccc32)C1. The molecule has 0 bridgehead atoms. The van der Waals surface area contributed by atoms with Crippen LogP contribution < -0.4 is 0 Å². The number of carbonyl (C=O) groups excluding carboxylic acids is 3. The Morgan fingerprint density at radius 3 is 2.54 bits per heavy atom. The Balaban J connectivity index is 1.72. The number of carbonyl (C=O) groups is 4. The summed E-state index contributed by atoms with van der Waals surface area (Å²) in [6.45, 7) is 4.55. The van der Waals surface area contributed by atoms with Gasteiger partial charge in [0.2, 0.25) is 5.91 Å². The molecule has 0 unspecified atom stereocenters. The topological polar surface area (TPSA) is 96.7 Å². The summed E-state index contributed by atoms with van der Waals surface area (Å²) in [6, 6.07) is 6.89. The fourth-order valence-corrected chi connectivity index (χ4v) is 3.26. The Bertz CT molecular complexity index is 921. The van der Waals surface area contributed by atoms with Gasteiger partial charge in [-0.2, -0.15) is 0 Å². The Morgan fingerprint density at radius 1 is 1.19 bits per heavy atom. The fraction of sp³-hybridized carbons (Fsp3) is 0.263. The van der Waals surface area contributed by atoms with Crippen molar-refractivity contribution in [2.45, 2.75) is 13.0 Å². The van der Waals surface area contributed by atoms with Crippen molar-refractivity contribution < 1.29 is 24.3 Å². The zero-order chi connectivity index (χ0) is 18.8. The van der Waals surface area contributed by atoms with Gasteiger partial charge < -0.3 is 14.6 Å². The number of likely N-dealkylation sites (tertiary alicyclic amines) is 1. The lowest BCUT2D eigenvalue weighted by Gasteiger charge is -2.38. The highest BCUT2D eigenvalue weighted by molar-refractivity contribution is 6.42. The molecule has 1 saturated heterocycles. The Labute approximate surface area is 149 Å². The van der Waals surface area contributed by atoms with Crippen molar-refractivity contribution in [1.82, 2.24) is 9.47 Å². The molecule has 3 rings (SSSR count). The smallest absolute Gasteiger partial charge is 0.377 e. The summed E-state index contributed by atoms with van der Waals surface area (Å²) < 4.78 is 1.61. The molecule has 1 N–H and O–H groups in total. The number of hydrogen-bond acceptors (Lipinski definition) is 4. The lowest BCUT2D eigenvalue weighted by molar-refractivity contribution is -0.134. The highest BCUT2D eigenvalue weighted by Gasteiger charge is 2.31. The number of amides is 1.